The van der Waals surface area contributed by atoms with E-state index in [9.17, 15) is 23.1 Å². The number of aliphatic hydroxyl groups excluding tert-OH is 1. The fourth-order valence-corrected chi connectivity index (χ4v) is 3.03. The van der Waals surface area contributed by atoms with Crippen LogP contribution in [0.1, 0.15) is 27.7 Å². The van der Waals surface area contributed by atoms with E-state index in [0.29, 0.717) is 5.56 Å². The van der Waals surface area contributed by atoms with Gasteiger partial charge in [0.25, 0.3) is 5.91 Å². The Balaban J connectivity index is 1.52. The number of rotatable bonds is 7. The van der Waals surface area contributed by atoms with E-state index in [1.165, 1.54) is 34.3 Å². The molecule has 28 heavy (non-hydrogen) atoms. The molecule has 0 aliphatic rings. The lowest BCUT2D eigenvalue weighted by atomic mass is 10.2. The highest BCUT2D eigenvalue weighted by Crippen LogP contribution is 2.22. The fraction of sp³-hybridized carbons (Fsp3) is 0.235. The van der Waals surface area contributed by atoms with Gasteiger partial charge in [-0.3, -0.25) is 4.79 Å². The highest BCUT2D eigenvalue weighted by Gasteiger charge is 2.30. The van der Waals surface area contributed by atoms with Crippen molar-refractivity contribution in [2.24, 2.45) is 0 Å². The zero-order valence-electron chi connectivity index (χ0n) is 14.3. The summed E-state index contributed by atoms with van der Waals surface area (Å²) in [5.41, 5.74) is 1.40. The molecule has 3 rings (SSSR count). The molecule has 7 nitrogen and oxygen atoms in total. The van der Waals surface area contributed by atoms with Crippen molar-refractivity contribution >= 4 is 17.2 Å². The molecule has 0 saturated heterocycles. The molecule has 0 fully saturated rings. The molecule has 1 aromatic carbocycles. The number of thiophene rings is 1. The molecule has 2 heterocycles. The normalized spacial score (nSPS) is 12.6. The summed E-state index contributed by atoms with van der Waals surface area (Å²) in [7, 11) is 0. The van der Waals surface area contributed by atoms with Crippen LogP contribution in [0.25, 0.3) is 0 Å². The van der Waals surface area contributed by atoms with E-state index in [1.807, 2.05) is 10.8 Å². The molecular weight excluding hydrogens is 397 g/mol. The quantitative estimate of drug-likeness (QED) is 0.623. The molecule has 0 bridgehead atoms. The van der Waals surface area contributed by atoms with Crippen molar-refractivity contribution in [3.63, 3.8) is 0 Å². The maximum atomic E-state index is 12.1. The van der Waals surface area contributed by atoms with Crippen LogP contribution in [-0.4, -0.2) is 32.4 Å². The Morgan fingerprint density at radius 2 is 2.04 bits per heavy atom. The number of ether oxygens (including phenoxy) is 1. The van der Waals surface area contributed by atoms with Crippen LogP contribution >= 0.6 is 11.3 Å². The van der Waals surface area contributed by atoms with Gasteiger partial charge in [-0.25, -0.2) is 4.68 Å². The number of amides is 1. The van der Waals surface area contributed by atoms with E-state index in [4.69, 9.17) is 0 Å². The Bertz CT molecular complexity index is 911. The number of aliphatic hydroxyl groups is 1. The fourth-order valence-electron chi connectivity index (χ4n) is 2.32. The minimum absolute atomic E-state index is 0.0644. The molecule has 0 aliphatic carbocycles. The molecule has 0 aliphatic heterocycles. The number of nitrogens with one attached hydrogen (secondary N) is 1. The SMILES string of the molecule is O=C(NCc1ccc(OC(F)(F)F)cc1)c1cn(C[C@@H](O)c2ccsc2)nn1. The number of nitrogens with zero attached hydrogens (tertiary/aromatic N) is 3. The monoisotopic (exact) mass is 412 g/mol. The molecule has 11 heteroatoms. The summed E-state index contributed by atoms with van der Waals surface area (Å²) < 4.78 is 41.6. The highest BCUT2D eigenvalue weighted by molar-refractivity contribution is 7.07. The van der Waals surface area contributed by atoms with Crippen LogP contribution < -0.4 is 10.1 Å². The first kappa shape index (κ1) is 19.8. The maximum absolute atomic E-state index is 12.1. The van der Waals surface area contributed by atoms with Crippen molar-refractivity contribution < 1.29 is 27.8 Å². The zero-order valence-corrected chi connectivity index (χ0v) is 15.1. The molecule has 0 radical (unpaired) electrons. The summed E-state index contributed by atoms with van der Waals surface area (Å²) >= 11 is 1.46. The smallest absolute Gasteiger partial charge is 0.406 e. The molecule has 0 saturated carbocycles. The van der Waals surface area contributed by atoms with Crippen LogP contribution in [0, 0.1) is 0 Å². The lowest BCUT2D eigenvalue weighted by Crippen LogP contribution is -2.23. The van der Waals surface area contributed by atoms with E-state index in [2.05, 4.69) is 20.4 Å². The minimum Gasteiger partial charge on any atom is -0.406 e. The molecule has 2 aromatic heterocycles. The van der Waals surface area contributed by atoms with Gasteiger partial charge in [0.1, 0.15) is 5.75 Å². The Hall–Kier alpha value is -2.92. The van der Waals surface area contributed by atoms with Crippen molar-refractivity contribution in [1.29, 1.82) is 0 Å². The minimum atomic E-state index is -4.75. The second-order valence-corrected chi connectivity index (χ2v) is 6.55. The lowest BCUT2D eigenvalue weighted by molar-refractivity contribution is -0.274. The number of hydrogen-bond donors (Lipinski definition) is 2. The van der Waals surface area contributed by atoms with E-state index < -0.39 is 18.4 Å². The van der Waals surface area contributed by atoms with Gasteiger partial charge in [0.15, 0.2) is 5.69 Å². The number of benzene rings is 1. The van der Waals surface area contributed by atoms with Crippen LogP contribution in [0.4, 0.5) is 13.2 Å². The average Bonchev–Trinajstić information content (AvgIpc) is 3.31. The highest BCUT2D eigenvalue weighted by atomic mass is 32.1. The van der Waals surface area contributed by atoms with E-state index in [1.54, 1.807) is 6.07 Å². The van der Waals surface area contributed by atoms with Crippen molar-refractivity contribution in [3.8, 4) is 5.75 Å². The molecule has 3 aromatic rings. The Kier molecular flexibility index (Phi) is 5.95. The molecule has 1 amide bonds. The summed E-state index contributed by atoms with van der Waals surface area (Å²) in [6.07, 6.45) is -4.11. The Labute approximate surface area is 161 Å². The first-order valence-corrected chi connectivity index (χ1v) is 8.97. The number of aromatic nitrogens is 3. The predicted octanol–water partition coefficient (Wildman–Crippen LogP) is 2.90. The van der Waals surface area contributed by atoms with Gasteiger partial charge in [0.2, 0.25) is 0 Å². The standard InChI is InChI=1S/C17H15F3N4O3S/c18-17(19,20)27-13-3-1-11(2-4-13)7-21-16(26)14-8-24(23-22-14)9-15(25)12-5-6-28-10-12/h1-6,8,10,15,25H,7,9H2,(H,21,26)/t15-/m1/s1. The molecular formula is C17H15F3N4O3S. The van der Waals surface area contributed by atoms with Crippen LogP contribution in [0.5, 0.6) is 5.75 Å². The number of carbonyl (C=O) groups is 1. The van der Waals surface area contributed by atoms with E-state index in [0.717, 1.165) is 17.7 Å². The molecule has 0 spiro atoms. The summed E-state index contributed by atoms with van der Waals surface area (Å²) in [5, 5.41) is 23.9. The van der Waals surface area contributed by atoms with Crippen molar-refractivity contribution in [3.05, 3.63) is 64.1 Å². The second kappa shape index (κ2) is 8.40. The first-order valence-electron chi connectivity index (χ1n) is 8.03. The van der Waals surface area contributed by atoms with E-state index >= 15 is 0 Å². The summed E-state index contributed by atoms with van der Waals surface area (Å²) in [6.45, 7) is 0.243. The van der Waals surface area contributed by atoms with Crippen molar-refractivity contribution in [2.45, 2.75) is 25.6 Å². The van der Waals surface area contributed by atoms with Gasteiger partial charge >= 0.3 is 6.36 Å². The van der Waals surface area contributed by atoms with Gasteiger partial charge in [-0.1, -0.05) is 17.3 Å². The number of carbonyl (C=O) groups excluding carboxylic acids is 1. The summed E-state index contributed by atoms with van der Waals surface area (Å²) in [6, 6.07) is 6.95. The third kappa shape index (κ3) is 5.54. The Morgan fingerprint density at radius 1 is 1.29 bits per heavy atom. The van der Waals surface area contributed by atoms with Gasteiger partial charge < -0.3 is 15.2 Å². The van der Waals surface area contributed by atoms with Gasteiger partial charge in [0.05, 0.1) is 18.8 Å². The van der Waals surface area contributed by atoms with Gasteiger partial charge in [0, 0.05) is 6.54 Å². The number of halogens is 3. The predicted molar refractivity (Wildman–Crippen MR) is 93.6 cm³/mol. The number of hydrogen-bond acceptors (Lipinski definition) is 6. The largest absolute Gasteiger partial charge is 0.573 e. The van der Waals surface area contributed by atoms with Crippen LogP contribution in [0.3, 0.4) is 0 Å². The van der Waals surface area contributed by atoms with Gasteiger partial charge in [-0.05, 0) is 40.1 Å². The summed E-state index contributed by atoms with van der Waals surface area (Å²) in [5.74, 6) is -0.832. The molecule has 1 atom stereocenters. The van der Waals surface area contributed by atoms with Crippen molar-refractivity contribution in [1.82, 2.24) is 20.3 Å². The van der Waals surface area contributed by atoms with Crippen LogP contribution in [0.2, 0.25) is 0 Å². The first-order chi connectivity index (χ1) is 13.3. The zero-order chi connectivity index (χ0) is 20.1. The third-order valence-corrected chi connectivity index (χ3v) is 4.37. The topological polar surface area (TPSA) is 89.3 Å². The van der Waals surface area contributed by atoms with E-state index in [-0.39, 0.29) is 24.5 Å². The van der Waals surface area contributed by atoms with Crippen molar-refractivity contribution in [2.75, 3.05) is 0 Å². The van der Waals surface area contributed by atoms with Crippen LogP contribution in [-0.2, 0) is 13.1 Å². The lowest BCUT2D eigenvalue weighted by Gasteiger charge is -2.09. The van der Waals surface area contributed by atoms with Gasteiger partial charge in [-0.15, -0.1) is 18.3 Å². The van der Waals surface area contributed by atoms with Gasteiger partial charge in [-0.2, -0.15) is 11.3 Å². The second-order valence-electron chi connectivity index (χ2n) is 5.77. The average molecular weight is 412 g/mol. The molecule has 2 N–H and O–H groups in total. The number of alkyl halides is 3. The Morgan fingerprint density at radius 3 is 2.68 bits per heavy atom. The maximum Gasteiger partial charge on any atom is 0.573 e. The van der Waals surface area contributed by atoms with Crippen LogP contribution in [0.15, 0.2) is 47.3 Å². The third-order valence-electron chi connectivity index (χ3n) is 3.67. The summed E-state index contributed by atoms with van der Waals surface area (Å²) in [4.78, 5) is 12.1. The molecule has 0 unspecified atom stereocenters. The molecule has 148 valence electrons.